The van der Waals surface area contributed by atoms with E-state index in [0.29, 0.717) is 23.6 Å². The third kappa shape index (κ3) is 2.47. The number of hydrogen-bond donors (Lipinski definition) is 1. The van der Waals surface area contributed by atoms with Gasteiger partial charge < -0.3 is 10.5 Å². The molecule has 0 aliphatic carbocycles. The molecule has 0 bridgehead atoms. The summed E-state index contributed by atoms with van der Waals surface area (Å²) in [6, 6.07) is 5.04. The maximum atomic E-state index is 11.0. The van der Waals surface area contributed by atoms with Gasteiger partial charge in [0, 0.05) is 17.3 Å². The van der Waals surface area contributed by atoms with E-state index in [-0.39, 0.29) is 5.78 Å². The number of ether oxygens (including phenoxy) is 1. The van der Waals surface area contributed by atoms with Gasteiger partial charge in [0.15, 0.2) is 5.78 Å². The van der Waals surface area contributed by atoms with E-state index in [1.165, 1.54) is 6.92 Å². The number of anilines is 1. The molecule has 0 aliphatic rings. The standard InChI is InChI=1S/C10H13NO2/c1-3-13-10-5-8(7(2)12)4-9(11)6-10/h4-6H,3,11H2,1-2H3. The van der Waals surface area contributed by atoms with Gasteiger partial charge in [0.25, 0.3) is 0 Å². The van der Waals surface area contributed by atoms with Gasteiger partial charge >= 0.3 is 0 Å². The Morgan fingerprint density at radius 3 is 2.69 bits per heavy atom. The second-order valence-corrected chi connectivity index (χ2v) is 2.78. The van der Waals surface area contributed by atoms with Crippen LogP contribution in [0.15, 0.2) is 18.2 Å². The van der Waals surface area contributed by atoms with Gasteiger partial charge in [0.2, 0.25) is 0 Å². The molecule has 2 N–H and O–H groups in total. The first-order valence-corrected chi connectivity index (χ1v) is 4.17. The van der Waals surface area contributed by atoms with Crippen molar-refractivity contribution < 1.29 is 9.53 Å². The minimum atomic E-state index is -0.00625. The van der Waals surface area contributed by atoms with Crippen molar-refractivity contribution >= 4 is 11.5 Å². The van der Waals surface area contributed by atoms with E-state index >= 15 is 0 Å². The molecule has 1 aromatic rings. The van der Waals surface area contributed by atoms with Gasteiger partial charge in [-0.25, -0.2) is 0 Å². The van der Waals surface area contributed by atoms with Gasteiger partial charge in [-0.2, -0.15) is 0 Å². The lowest BCUT2D eigenvalue weighted by Gasteiger charge is -2.05. The number of carbonyl (C=O) groups excluding carboxylic acids is 1. The number of nitrogens with two attached hydrogens (primary N) is 1. The van der Waals surface area contributed by atoms with E-state index in [4.69, 9.17) is 10.5 Å². The highest BCUT2D eigenvalue weighted by Gasteiger charge is 2.03. The van der Waals surface area contributed by atoms with Gasteiger partial charge in [-0.05, 0) is 26.0 Å². The number of nitrogen functional groups attached to an aromatic ring is 1. The van der Waals surface area contributed by atoms with Gasteiger partial charge in [0.1, 0.15) is 5.75 Å². The lowest BCUT2D eigenvalue weighted by molar-refractivity contribution is 0.101. The predicted molar refractivity (Wildman–Crippen MR) is 52.0 cm³/mol. The fourth-order valence-corrected chi connectivity index (χ4v) is 1.08. The number of benzene rings is 1. The molecule has 0 amide bonds. The van der Waals surface area contributed by atoms with Crippen LogP contribution in [0.3, 0.4) is 0 Å². The quantitative estimate of drug-likeness (QED) is 0.569. The molecule has 13 heavy (non-hydrogen) atoms. The summed E-state index contributed by atoms with van der Waals surface area (Å²) in [5, 5.41) is 0. The first-order valence-electron chi connectivity index (χ1n) is 4.17. The molecule has 0 radical (unpaired) electrons. The van der Waals surface area contributed by atoms with Crippen molar-refractivity contribution in [1.82, 2.24) is 0 Å². The largest absolute Gasteiger partial charge is 0.494 e. The van der Waals surface area contributed by atoms with Gasteiger partial charge in [-0.3, -0.25) is 4.79 Å². The van der Waals surface area contributed by atoms with E-state index in [0.717, 1.165) is 0 Å². The van der Waals surface area contributed by atoms with E-state index in [1.807, 2.05) is 6.92 Å². The molecule has 0 aromatic heterocycles. The molecule has 0 aliphatic heterocycles. The van der Waals surface area contributed by atoms with Crippen molar-refractivity contribution in [1.29, 1.82) is 0 Å². The van der Waals surface area contributed by atoms with Crippen LogP contribution in [0.4, 0.5) is 5.69 Å². The molecular weight excluding hydrogens is 166 g/mol. The Labute approximate surface area is 77.5 Å². The van der Waals surface area contributed by atoms with E-state index in [2.05, 4.69) is 0 Å². The Morgan fingerprint density at radius 1 is 1.46 bits per heavy atom. The minimum Gasteiger partial charge on any atom is -0.494 e. The number of ketones is 1. The molecule has 0 saturated heterocycles. The molecule has 0 saturated carbocycles. The molecular formula is C10H13NO2. The summed E-state index contributed by atoms with van der Waals surface area (Å²) in [5.74, 6) is 0.640. The summed E-state index contributed by atoms with van der Waals surface area (Å²) in [5.41, 5.74) is 6.73. The van der Waals surface area contributed by atoms with Crippen LogP contribution >= 0.6 is 0 Å². The lowest BCUT2D eigenvalue weighted by atomic mass is 10.1. The Bertz CT molecular complexity index is 321. The molecule has 3 heteroatoms. The zero-order chi connectivity index (χ0) is 9.84. The Morgan fingerprint density at radius 2 is 2.15 bits per heavy atom. The summed E-state index contributed by atoms with van der Waals surface area (Å²) >= 11 is 0. The SMILES string of the molecule is CCOc1cc(N)cc(C(C)=O)c1. The van der Waals surface area contributed by atoms with Gasteiger partial charge in [-0.15, -0.1) is 0 Å². The van der Waals surface area contributed by atoms with Crippen LogP contribution < -0.4 is 10.5 Å². The van der Waals surface area contributed by atoms with Crippen LogP contribution in [-0.4, -0.2) is 12.4 Å². The van der Waals surface area contributed by atoms with Crippen LogP contribution in [-0.2, 0) is 0 Å². The molecule has 0 fully saturated rings. The highest BCUT2D eigenvalue weighted by Crippen LogP contribution is 2.19. The fourth-order valence-electron chi connectivity index (χ4n) is 1.08. The van der Waals surface area contributed by atoms with Crippen LogP contribution in [0.1, 0.15) is 24.2 Å². The highest BCUT2D eigenvalue weighted by molar-refractivity contribution is 5.95. The smallest absolute Gasteiger partial charge is 0.160 e. The lowest BCUT2D eigenvalue weighted by Crippen LogP contribution is -1.98. The van der Waals surface area contributed by atoms with Gasteiger partial charge in [-0.1, -0.05) is 0 Å². The van der Waals surface area contributed by atoms with Crippen LogP contribution in [0, 0.1) is 0 Å². The van der Waals surface area contributed by atoms with Crippen LogP contribution in [0.5, 0.6) is 5.75 Å². The van der Waals surface area contributed by atoms with Crippen molar-refractivity contribution in [2.75, 3.05) is 12.3 Å². The van der Waals surface area contributed by atoms with Crippen molar-refractivity contribution in [3.8, 4) is 5.75 Å². The fraction of sp³-hybridized carbons (Fsp3) is 0.300. The van der Waals surface area contributed by atoms with Crippen molar-refractivity contribution in [3.63, 3.8) is 0 Å². The molecule has 3 nitrogen and oxygen atoms in total. The first-order chi connectivity index (χ1) is 6.13. The number of rotatable bonds is 3. The molecule has 0 heterocycles. The predicted octanol–water partition coefficient (Wildman–Crippen LogP) is 1.87. The normalized spacial score (nSPS) is 9.69. The van der Waals surface area contributed by atoms with Gasteiger partial charge in [0.05, 0.1) is 6.61 Å². The molecule has 0 spiro atoms. The molecule has 1 rings (SSSR count). The summed E-state index contributed by atoms with van der Waals surface area (Å²) in [7, 11) is 0. The average Bonchev–Trinajstić information content (AvgIpc) is 2.03. The maximum absolute atomic E-state index is 11.0. The van der Waals surface area contributed by atoms with Crippen LogP contribution in [0.2, 0.25) is 0 Å². The van der Waals surface area contributed by atoms with E-state index < -0.39 is 0 Å². The van der Waals surface area contributed by atoms with Crippen molar-refractivity contribution in [2.45, 2.75) is 13.8 Å². The van der Waals surface area contributed by atoms with Crippen LogP contribution in [0.25, 0.3) is 0 Å². The second-order valence-electron chi connectivity index (χ2n) is 2.78. The summed E-state index contributed by atoms with van der Waals surface area (Å²) in [4.78, 5) is 11.0. The zero-order valence-electron chi connectivity index (χ0n) is 7.83. The highest BCUT2D eigenvalue weighted by atomic mass is 16.5. The summed E-state index contributed by atoms with van der Waals surface area (Å²) in [6.45, 7) is 3.96. The zero-order valence-corrected chi connectivity index (χ0v) is 7.83. The number of carbonyl (C=O) groups is 1. The minimum absolute atomic E-state index is 0.00625. The topological polar surface area (TPSA) is 52.3 Å². The average molecular weight is 179 g/mol. The Kier molecular flexibility index (Phi) is 2.90. The monoisotopic (exact) mass is 179 g/mol. The summed E-state index contributed by atoms with van der Waals surface area (Å²) < 4.78 is 5.25. The molecule has 0 atom stereocenters. The molecule has 70 valence electrons. The Hall–Kier alpha value is -1.51. The Balaban J connectivity index is 3.03. The van der Waals surface area contributed by atoms with Crippen molar-refractivity contribution in [2.24, 2.45) is 0 Å². The van der Waals surface area contributed by atoms with Crippen molar-refractivity contribution in [3.05, 3.63) is 23.8 Å². The second kappa shape index (κ2) is 3.94. The number of hydrogen-bond acceptors (Lipinski definition) is 3. The molecule has 1 aromatic carbocycles. The van der Waals surface area contributed by atoms with E-state index in [1.54, 1.807) is 18.2 Å². The van der Waals surface area contributed by atoms with E-state index in [9.17, 15) is 4.79 Å². The summed E-state index contributed by atoms with van der Waals surface area (Å²) in [6.07, 6.45) is 0. The third-order valence-corrected chi connectivity index (χ3v) is 1.65. The third-order valence-electron chi connectivity index (χ3n) is 1.65. The first kappa shape index (κ1) is 9.58. The maximum Gasteiger partial charge on any atom is 0.160 e. The molecule has 0 unspecified atom stereocenters. The number of Topliss-reactive ketones (excluding diaryl/α,β-unsaturated/α-hetero) is 1.